The lowest BCUT2D eigenvalue weighted by atomic mass is 10.1. The molecule has 0 amide bonds. The number of aliphatic hydroxyl groups is 1. The molecule has 0 fully saturated rings. The molecule has 0 aliphatic carbocycles. The molecule has 0 spiro atoms. The molecule has 3 rings (SSSR count). The molecule has 0 bridgehead atoms. The summed E-state index contributed by atoms with van der Waals surface area (Å²) in [4.78, 5) is 10.9. The summed E-state index contributed by atoms with van der Waals surface area (Å²) in [5.41, 5.74) is 2.34. The summed E-state index contributed by atoms with van der Waals surface area (Å²) < 4.78 is 5.50. The Morgan fingerprint density at radius 1 is 1.27 bits per heavy atom. The number of pyridine rings is 1. The Kier molecular flexibility index (Phi) is 3.87. The largest absolute Gasteiger partial charge is 0.488 e. The maximum Gasteiger partial charge on any atom is 0.293 e. The number of hydrogen-bond acceptors (Lipinski definition) is 5. The smallest absolute Gasteiger partial charge is 0.293 e. The van der Waals surface area contributed by atoms with E-state index in [9.17, 15) is 5.11 Å². The van der Waals surface area contributed by atoms with E-state index in [-0.39, 0.29) is 18.7 Å². The van der Waals surface area contributed by atoms with Crippen molar-refractivity contribution >= 4 is 22.8 Å². The van der Waals surface area contributed by atoms with Gasteiger partial charge in [0.2, 0.25) is 0 Å². The van der Waals surface area contributed by atoms with E-state index in [2.05, 4.69) is 15.0 Å². The molecule has 0 aliphatic heterocycles. The molecule has 6 nitrogen and oxygen atoms in total. The van der Waals surface area contributed by atoms with Crippen molar-refractivity contribution in [2.24, 2.45) is 0 Å². The van der Waals surface area contributed by atoms with Crippen LogP contribution >= 0.6 is 11.6 Å². The average molecular weight is 320 g/mol. The average Bonchev–Trinajstić information content (AvgIpc) is 2.86. The third kappa shape index (κ3) is 2.84. The van der Waals surface area contributed by atoms with E-state index in [1.165, 1.54) is 0 Å². The Labute approximate surface area is 131 Å². The van der Waals surface area contributed by atoms with Crippen LogP contribution in [0.15, 0.2) is 30.3 Å². The minimum absolute atomic E-state index is 0.0472. The van der Waals surface area contributed by atoms with Gasteiger partial charge in [-0.25, -0.2) is 4.98 Å². The summed E-state index contributed by atoms with van der Waals surface area (Å²) in [6.45, 7) is 1.73. The normalized spacial score (nSPS) is 12.5. The van der Waals surface area contributed by atoms with Crippen molar-refractivity contribution in [2.75, 3.05) is 6.61 Å². The number of nitrogens with one attached hydrogen (secondary N) is 1. The van der Waals surface area contributed by atoms with Gasteiger partial charge >= 0.3 is 0 Å². The van der Waals surface area contributed by atoms with E-state index < -0.39 is 0 Å². The van der Waals surface area contributed by atoms with E-state index in [4.69, 9.17) is 21.4 Å². The minimum atomic E-state index is -0.268. The fraction of sp³-hybridized carbons (Fsp3) is 0.200. The van der Waals surface area contributed by atoms with E-state index >= 15 is 0 Å². The van der Waals surface area contributed by atoms with E-state index in [1.54, 1.807) is 25.1 Å². The molecule has 22 heavy (non-hydrogen) atoms. The van der Waals surface area contributed by atoms with Crippen LogP contribution in [0.4, 0.5) is 0 Å². The van der Waals surface area contributed by atoms with Crippen LogP contribution in [0.5, 0.6) is 11.8 Å². The van der Waals surface area contributed by atoms with Crippen molar-refractivity contribution < 1.29 is 14.9 Å². The molecule has 7 heteroatoms. The zero-order valence-electron chi connectivity index (χ0n) is 11.7. The first-order valence-electron chi connectivity index (χ1n) is 6.70. The first-order valence-corrected chi connectivity index (χ1v) is 7.08. The Morgan fingerprint density at radius 2 is 2.00 bits per heavy atom. The van der Waals surface area contributed by atoms with Crippen LogP contribution in [0, 0.1) is 0 Å². The summed E-state index contributed by atoms with van der Waals surface area (Å²) >= 11 is 6.24. The molecular weight excluding hydrogens is 306 g/mol. The number of aromatic hydroxyl groups is 1. The molecule has 3 aromatic rings. The predicted molar refractivity (Wildman–Crippen MR) is 83.2 cm³/mol. The minimum Gasteiger partial charge on any atom is -0.488 e. The number of ether oxygens (including phenoxy) is 1. The van der Waals surface area contributed by atoms with Crippen LogP contribution in [0.2, 0.25) is 5.02 Å². The SMILES string of the molecule is CC(CO)Oc1ccc(-c2nc3nc(O)[nH]c3cc2Cl)cc1. The zero-order chi connectivity index (χ0) is 15.7. The first-order chi connectivity index (χ1) is 10.6. The molecule has 114 valence electrons. The lowest BCUT2D eigenvalue weighted by Crippen LogP contribution is -2.15. The topological polar surface area (TPSA) is 91.3 Å². The zero-order valence-corrected chi connectivity index (χ0v) is 12.5. The number of rotatable bonds is 4. The number of benzene rings is 1. The molecule has 2 aromatic heterocycles. The number of H-pyrrole nitrogens is 1. The highest BCUT2D eigenvalue weighted by Crippen LogP contribution is 2.30. The molecule has 1 aromatic carbocycles. The molecule has 1 unspecified atom stereocenters. The van der Waals surface area contributed by atoms with Gasteiger partial charge in [0, 0.05) is 5.56 Å². The summed E-state index contributed by atoms with van der Waals surface area (Å²) in [5.74, 6) is 0.653. The van der Waals surface area contributed by atoms with Crippen molar-refractivity contribution in [2.45, 2.75) is 13.0 Å². The fourth-order valence-corrected chi connectivity index (χ4v) is 2.33. The summed E-state index contributed by atoms with van der Waals surface area (Å²) in [7, 11) is 0. The van der Waals surface area contributed by atoms with Gasteiger partial charge in [-0.15, -0.1) is 0 Å². The number of aliphatic hydroxyl groups excluding tert-OH is 1. The Hall–Kier alpha value is -2.31. The van der Waals surface area contributed by atoms with Gasteiger partial charge in [-0.1, -0.05) is 11.6 Å². The number of hydrogen-bond donors (Lipinski definition) is 3. The lowest BCUT2D eigenvalue weighted by Gasteiger charge is -2.12. The number of aromatic nitrogens is 3. The molecule has 3 N–H and O–H groups in total. The first kappa shape index (κ1) is 14.6. The maximum absolute atomic E-state index is 9.37. The molecular formula is C15H14ClN3O3. The van der Waals surface area contributed by atoms with Crippen LogP contribution in [0.25, 0.3) is 22.4 Å². The number of nitrogens with zero attached hydrogens (tertiary/aromatic N) is 2. The van der Waals surface area contributed by atoms with Gasteiger partial charge in [0.05, 0.1) is 22.8 Å². The molecule has 2 heterocycles. The highest BCUT2D eigenvalue weighted by atomic mass is 35.5. The van der Waals surface area contributed by atoms with Gasteiger partial charge in [-0.05, 0) is 37.3 Å². The second-order valence-electron chi connectivity index (χ2n) is 4.89. The summed E-state index contributed by atoms with van der Waals surface area (Å²) in [5, 5.41) is 18.8. The van der Waals surface area contributed by atoms with Crippen LogP contribution in [-0.4, -0.2) is 37.9 Å². The standard InChI is InChI=1S/C15H14ClN3O3/c1-8(7-20)22-10-4-2-9(3-5-10)13-11(16)6-12-14(18-13)19-15(21)17-12/h2-6,8,20H,7H2,1H3,(H2,17,18,19,21). The lowest BCUT2D eigenvalue weighted by molar-refractivity contribution is 0.130. The van der Waals surface area contributed by atoms with Crippen LogP contribution in [-0.2, 0) is 0 Å². The van der Waals surface area contributed by atoms with Crippen molar-refractivity contribution in [3.63, 3.8) is 0 Å². The second-order valence-corrected chi connectivity index (χ2v) is 5.29. The molecule has 0 saturated heterocycles. The number of imidazole rings is 1. The van der Waals surface area contributed by atoms with Gasteiger partial charge in [0.15, 0.2) is 5.65 Å². The highest BCUT2D eigenvalue weighted by molar-refractivity contribution is 6.33. The van der Waals surface area contributed by atoms with Gasteiger partial charge in [0.1, 0.15) is 11.9 Å². The van der Waals surface area contributed by atoms with Crippen LogP contribution < -0.4 is 4.74 Å². The van der Waals surface area contributed by atoms with Crippen LogP contribution in [0.1, 0.15) is 6.92 Å². The Morgan fingerprint density at radius 3 is 2.68 bits per heavy atom. The number of halogens is 1. The van der Waals surface area contributed by atoms with Crippen molar-refractivity contribution in [1.29, 1.82) is 0 Å². The van der Waals surface area contributed by atoms with Crippen molar-refractivity contribution in [3.8, 4) is 23.0 Å². The van der Waals surface area contributed by atoms with Gasteiger partial charge in [0.25, 0.3) is 6.01 Å². The van der Waals surface area contributed by atoms with E-state index in [1.807, 2.05) is 12.1 Å². The maximum atomic E-state index is 9.37. The second kappa shape index (κ2) is 5.82. The monoisotopic (exact) mass is 319 g/mol. The third-order valence-corrected chi connectivity index (χ3v) is 3.42. The van der Waals surface area contributed by atoms with Gasteiger partial charge in [-0.2, -0.15) is 4.98 Å². The quantitative estimate of drug-likeness (QED) is 0.688. The summed E-state index contributed by atoms with van der Waals surface area (Å²) in [6, 6.07) is 8.69. The van der Waals surface area contributed by atoms with Gasteiger partial charge in [-0.3, -0.25) is 0 Å². The number of fused-ring (bicyclic) bond motifs is 1. The molecule has 0 saturated carbocycles. The van der Waals surface area contributed by atoms with Crippen molar-refractivity contribution in [3.05, 3.63) is 35.4 Å². The molecule has 0 aliphatic rings. The number of aromatic amines is 1. The van der Waals surface area contributed by atoms with E-state index in [0.29, 0.717) is 27.6 Å². The Bertz CT molecular complexity index is 802. The van der Waals surface area contributed by atoms with Gasteiger partial charge < -0.3 is 19.9 Å². The predicted octanol–water partition coefficient (Wildman–Crippen LogP) is 2.74. The van der Waals surface area contributed by atoms with Crippen molar-refractivity contribution in [1.82, 2.24) is 15.0 Å². The Balaban J connectivity index is 1.94. The highest BCUT2D eigenvalue weighted by Gasteiger charge is 2.11. The van der Waals surface area contributed by atoms with Crippen LogP contribution in [0.3, 0.4) is 0 Å². The molecule has 1 atom stereocenters. The fourth-order valence-electron chi connectivity index (χ4n) is 2.07. The molecule has 0 radical (unpaired) electrons. The van der Waals surface area contributed by atoms with E-state index in [0.717, 1.165) is 5.56 Å². The summed E-state index contributed by atoms with van der Waals surface area (Å²) in [6.07, 6.45) is -0.268. The third-order valence-electron chi connectivity index (χ3n) is 3.14.